The van der Waals surface area contributed by atoms with Crippen LogP contribution in [0.5, 0.6) is 0 Å². The number of halogens is 3. The maximum Gasteiger partial charge on any atom is 0.416 e. The molecule has 0 bridgehead atoms. The third-order valence-corrected chi connectivity index (χ3v) is 4.01. The number of alkyl halides is 3. The van der Waals surface area contributed by atoms with Gasteiger partial charge < -0.3 is 10.2 Å². The molecule has 1 aromatic rings. The summed E-state index contributed by atoms with van der Waals surface area (Å²) in [4.78, 5) is 2.06. The molecule has 1 aliphatic heterocycles. The first-order chi connectivity index (χ1) is 9.67. The Labute approximate surface area is 124 Å². The lowest BCUT2D eigenvalue weighted by molar-refractivity contribution is -0.137. The number of nitrogens with one attached hydrogen (secondary N) is 1. The molecule has 21 heavy (non-hydrogen) atoms. The van der Waals surface area contributed by atoms with Gasteiger partial charge in [0.15, 0.2) is 0 Å². The lowest BCUT2D eigenvalue weighted by Crippen LogP contribution is -2.50. The summed E-state index contributed by atoms with van der Waals surface area (Å²) < 4.78 is 38.5. The van der Waals surface area contributed by atoms with E-state index < -0.39 is 11.7 Å². The van der Waals surface area contributed by atoms with Gasteiger partial charge in [-0.2, -0.15) is 13.2 Å². The molecule has 118 valence electrons. The smallest absolute Gasteiger partial charge is 0.371 e. The molecule has 1 aromatic carbocycles. The average Bonchev–Trinajstić information content (AvgIpc) is 2.35. The molecule has 0 amide bonds. The van der Waals surface area contributed by atoms with Crippen molar-refractivity contribution in [3.63, 3.8) is 0 Å². The normalized spacial score (nSPS) is 23.5. The van der Waals surface area contributed by atoms with Crippen molar-refractivity contribution in [2.45, 2.75) is 51.4 Å². The Morgan fingerprint density at radius 2 is 1.95 bits per heavy atom. The van der Waals surface area contributed by atoms with Gasteiger partial charge in [0, 0.05) is 30.4 Å². The van der Waals surface area contributed by atoms with Crippen LogP contribution in [0.2, 0.25) is 0 Å². The summed E-state index contributed by atoms with van der Waals surface area (Å²) >= 11 is 0. The highest BCUT2D eigenvalue weighted by Gasteiger charge is 2.31. The van der Waals surface area contributed by atoms with Crippen LogP contribution < -0.4 is 10.2 Å². The second-order valence-electron chi connectivity index (χ2n) is 6.50. The molecular formula is C16H23F3N2. The van der Waals surface area contributed by atoms with E-state index >= 15 is 0 Å². The van der Waals surface area contributed by atoms with Gasteiger partial charge in [-0.1, -0.05) is 6.07 Å². The maximum atomic E-state index is 12.8. The topological polar surface area (TPSA) is 15.3 Å². The van der Waals surface area contributed by atoms with E-state index in [0.29, 0.717) is 11.7 Å². The van der Waals surface area contributed by atoms with Gasteiger partial charge in [-0.3, -0.25) is 0 Å². The Hall–Kier alpha value is -1.23. The number of hydrogen-bond donors (Lipinski definition) is 1. The second-order valence-corrected chi connectivity index (χ2v) is 6.50. The van der Waals surface area contributed by atoms with E-state index in [0.717, 1.165) is 32.0 Å². The van der Waals surface area contributed by atoms with Gasteiger partial charge in [-0.05, 0) is 51.8 Å². The highest BCUT2D eigenvalue weighted by molar-refractivity contribution is 5.49. The van der Waals surface area contributed by atoms with Crippen LogP contribution in [0.25, 0.3) is 0 Å². The van der Waals surface area contributed by atoms with E-state index in [9.17, 15) is 13.2 Å². The van der Waals surface area contributed by atoms with Gasteiger partial charge in [-0.25, -0.2) is 0 Å². The number of benzene rings is 1. The molecule has 0 aromatic heterocycles. The molecule has 1 fully saturated rings. The Morgan fingerprint density at radius 1 is 1.24 bits per heavy atom. The van der Waals surface area contributed by atoms with Crippen molar-refractivity contribution in [2.75, 3.05) is 18.0 Å². The molecule has 1 saturated heterocycles. The van der Waals surface area contributed by atoms with E-state index in [2.05, 4.69) is 31.0 Å². The first-order valence-corrected chi connectivity index (χ1v) is 7.37. The van der Waals surface area contributed by atoms with Crippen molar-refractivity contribution in [1.82, 2.24) is 5.32 Å². The minimum Gasteiger partial charge on any atom is -0.371 e. The van der Waals surface area contributed by atoms with E-state index in [4.69, 9.17) is 0 Å². The molecule has 1 N–H and O–H groups in total. The first-order valence-electron chi connectivity index (χ1n) is 7.37. The van der Waals surface area contributed by atoms with Gasteiger partial charge in [0.1, 0.15) is 0 Å². The molecule has 5 heteroatoms. The van der Waals surface area contributed by atoms with Gasteiger partial charge in [0.05, 0.1) is 5.56 Å². The zero-order chi connectivity index (χ0) is 15.7. The molecule has 0 spiro atoms. The zero-order valence-electron chi connectivity index (χ0n) is 12.8. The van der Waals surface area contributed by atoms with Crippen molar-refractivity contribution in [1.29, 1.82) is 0 Å². The minimum atomic E-state index is -4.28. The molecule has 1 atom stereocenters. The molecule has 0 saturated carbocycles. The predicted molar refractivity (Wildman–Crippen MR) is 79.6 cm³/mol. The average molecular weight is 300 g/mol. The Kier molecular flexibility index (Phi) is 4.51. The molecule has 1 aliphatic rings. The summed E-state index contributed by atoms with van der Waals surface area (Å²) in [6.45, 7) is 7.93. The summed E-state index contributed by atoms with van der Waals surface area (Å²) in [5.74, 6) is 0. The van der Waals surface area contributed by atoms with E-state index in [1.54, 1.807) is 6.07 Å². The van der Waals surface area contributed by atoms with Crippen molar-refractivity contribution in [3.8, 4) is 0 Å². The van der Waals surface area contributed by atoms with Crippen molar-refractivity contribution < 1.29 is 13.2 Å². The monoisotopic (exact) mass is 300 g/mol. The standard InChI is InChI=1S/C16H23F3N2/c1-12-7-9-21(10-8-15(2,3)20-12)14-6-4-5-13(11-14)16(17,18)19/h4-6,11-12,20H,7-10H2,1-3H3. The Bertz CT molecular complexity index is 483. The molecule has 0 aliphatic carbocycles. The zero-order valence-corrected chi connectivity index (χ0v) is 12.8. The molecule has 2 nitrogen and oxygen atoms in total. The van der Waals surface area contributed by atoms with Crippen LogP contribution in [-0.2, 0) is 6.18 Å². The second kappa shape index (κ2) is 5.87. The minimum absolute atomic E-state index is 0.000274. The van der Waals surface area contributed by atoms with Crippen molar-refractivity contribution in [3.05, 3.63) is 29.8 Å². The number of anilines is 1. The molecular weight excluding hydrogens is 277 g/mol. The Balaban J connectivity index is 2.20. The number of nitrogens with zero attached hydrogens (tertiary/aromatic N) is 1. The fourth-order valence-corrected chi connectivity index (χ4v) is 2.82. The van der Waals surface area contributed by atoms with Crippen LogP contribution in [-0.4, -0.2) is 24.7 Å². The van der Waals surface area contributed by atoms with E-state index in [1.165, 1.54) is 12.1 Å². The highest BCUT2D eigenvalue weighted by Crippen LogP contribution is 2.32. The van der Waals surface area contributed by atoms with Crippen LogP contribution in [0.3, 0.4) is 0 Å². The van der Waals surface area contributed by atoms with Gasteiger partial charge in [0.25, 0.3) is 0 Å². The third kappa shape index (κ3) is 4.37. The summed E-state index contributed by atoms with van der Waals surface area (Å²) in [6, 6.07) is 5.99. The quantitative estimate of drug-likeness (QED) is 0.841. The van der Waals surface area contributed by atoms with Crippen LogP contribution >= 0.6 is 0 Å². The summed E-state index contributed by atoms with van der Waals surface area (Å²) in [5.41, 5.74) is 0.0851. The number of hydrogen-bond acceptors (Lipinski definition) is 2. The number of rotatable bonds is 1. The van der Waals surface area contributed by atoms with E-state index in [-0.39, 0.29) is 5.54 Å². The largest absolute Gasteiger partial charge is 0.416 e. The van der Waals surface area contributed by atoms with Gasteiger partial charge >= 0.3 is 6.18 Å². The van der Waals surface area contributed by atoms with Crippen LogP contribution in [0, 0.1) is 0 Å². The Morgan fingerprint density at radius 3 is 2.62 bits per heavy atom. The lowest BCUT2D eigenvalue weighted by Gasteiger charge is -2.38. The van der Waals surface area contributed by atoms with Gasteiger partial charge in [0.2, 0.25) is 0 Å². The fourth-order valence-electron chi connectivity index (χ4n) is 2.82. The van der Waals surface area contributed by atoms with Crippen LogP contribution in [0.15, 0.2) is 24.3 Å². The van der Waals surface area contributed by atoms with Crippen molar-refractivity contribution >= 4 is 5.69 Å². The highest BCUT2D eigenvalue weighted by atomic mass is 19.4. The van der Waals surface area contributed by atoms with Crippen molar-refractivity contribution in [2.24, 2.45) is 0 Å². The molecule has 1 heterocycles. The van der Waals surface area contributed by atoms with Crippen LogP contribution in [0.4, 0.5) is 18.9 Å². The van der Waals surface area contributed by atoms with Gasteiger partial charge in [-0.15, -0.1) is 0 Å². The maximum absolute atomic E-state index is 12.8. The fraction of sp³-hybridized carbons (Fsp3) is 0.625. The summed E-state index contributed by atoms with van der Waals surface area (Å²) in [5, 5.41) is 3.56. The van der Waals surface area contributed by atoms with Crippen LogP contribution in [0.1, 0.15) is 39.2 Å². The first kappa shape index (κ1) is 16.1. The molecule has 2 rings (SSSR count). The SMILES string of the molecule is CC1CCN(c2cccc(C(F)(F)F)c2)CCC(C)(C)N1. The molecule has 0 radical (unpaired) electrons. The summed E-state index contributed by atoms with van der Waals surface area (Å²) in [6.07, 6.45) is -2.47. The summed E-state index contributed by atoms with van der Waals surface area (Å²) in [7, 11) is 0. The third-order valence-electron chi connectivity index (χ3n) is 4.01. The molecule has 1 unspecified atom stereocenters. The lowest BCUT2D eigenvalue weighted by atomic mass is 9.96. The predicted octanol–water partition coefficient (Wildman–Crippen LogP) is 4.06. The van der Waals surface area contributed by atoms with E-state index in [1.807, 2.05) is 0 Å².